The third-order valence-electron chi connectivity index (χ3n) is 5.29. The highest BCUT2D eigenvalue weighted by molar-refractivity contribution is 6.33. The third-order valence-corrected chi connectivity index (χ3v) is 5.62. The highest BCUT2D eigenvalue weighted by Crippen LogP contribution is 2.44. The Morgan fingerprint density at radius 3 is 2.36 bits per heavy atom. The molecule has 2 heterocycles. The van der Waals surface area contributed by atoms with Crippen LogP contribution in [0.25, 0.3) is 11.3 Å². The summed E-state index contributed by atoms with van der Waals surface area (Å²) in [5, 5.41) is 15.7. The number of nitrogens with one attached hydrogen (secondary N) is 2. The van der Waals surface area contributed by atoms with Crippen LogP contribution in [0, 0.1) is 11.7 Å². The van der Waals surface area contributed by atoms with Crippen LogP contribution >= 0.6 is 11.6 Å². The Kier molecular flexibility index (Phi) is 5.67. The van der Waals surface area contributed by atoms with E-state index in [-0.39, 0.29) is 17.1 Å². The number of carbonyl (C=O) groups is 2. The summed E-state index contributed by atoms with van der Waals surface area (Å²) in [6.45, 7) is 0. The first-order chi connectivity index (χ1) is 15.5. The first kappa shape index (κ1) is 22.8. The van der Waals surface area contributed by atoms with Crippen LogP contribution in [-0.4, -0.2) is 23.1 Å². The first-order valence-corrected chi connectivity index (χ1v) is 9.91. The summed E-state index contributed by atoms with van der Waals surface area (Å²) in [7, 11) is 0. The van der Waals surface area contributed by atoms with Gasteiger partial charge in [-0.15, -0.1) is 0 Å². The summed E-state index contributed by atoms with van der Waals surface area (Å²) < 4.78 is 59.7. The van der Waals surface area contributed by atoms with Crippen molar-refractivity contribution < 1.29 is 36.7 Å². The van der Waals surface area contributed by atoms with Crippen molar-refractivity contribution >= 4 is 23.4 Å². The van der Waals surface area contributed by atoms with Crippen molar-refractivity contribution in [1.82, 2.24) is 10.6 Å². The van der Waals surface area contributed by atoms with E-state index in [4.69, 9.17) is 16.0 Å². The van der Waals surface area contributed by atoms with Gasteiger partial charge in [0, 0.05) is 11.1 Å². The van der Waals surface area contributed by atoms with Crippen LogP contribution in [0.1, 0.15) is 17.4 Å². The Morgan fingerprint density at radius 1 is 1.06 bits per heavy atom. The van der Waals surface area contributed by atoms with E-state index in [9.17, 15) is 32.3 Å². The van der Waals surface area contributed by atoms with Crippen LogP contribution in [0.3, 0.4) is 0 Å². The summed E-state index contributed by atoms with van der Waals surface area (Å²) in [6, 6.07) is 10.2. The van der Waals surface area contributed by atoms with Crippen molar-refractivity contribution in [2.24, 2.45) is 5.92 Å². The molecule has 3 aromatic rings. The number of urea groups is 1. The molecule has 2 amide bonds. The van der Waals surface area contributed by atoms with Gasteiger partial charge in [0.05, 0.1) is 5.02 Å². The molecule has 3 N–H and O–H groups in total. The molecule has 11 heteroatoms. The molecule has 0 spiro atoms. The minimum Gasteiger partial charge on any atom is -0.459 e. The minimum atomic E-state index is -5.36. The standard InChI is InChI=1S/C22H15ClF4N2O4/c23-14-4-2-1-3-13(14)15-9-10-16(33-15)18-17(19(30)22(25,26)27)21(32,29-20(31)28-18)11-5-7-12(24)8-6-11/h1-10,17-18,32H,(H2,28,29,31)/t17-,18+,21+/m0/s1. The molecule has 0 bridgehead atoms. The predicted molar refractivity (Wildman–Crippen MR) is 108 cm³/mol. The van der Waals surface area contributed by atoms with Gasteiger partial charge < -0.3 is 20.2 Å². The molecule has 1 saturated heterocycles. The number of halogens is 5. The number of furan rings is 1. The Bertz CT molecular complexity index is 1210. The fourth-order valence-electron chi connectivity index (χ4n) is 3.79. The summed E-state index contributed by atoms with van der Waals surface area (Å²) in [5.74, 6) is -5.39. The van der Waals surface area contributed by atoms with Gasteiger partial charge >= 0.3 is 12.2 Å². The Morgan fingerprint density at radius 2 is 1.73 bits per heavy atom. The summed E-state index contributed by atoms with van der Waals surface area (Å²) in [5.41, 5.74) is -2.70. The molecular formula is C22H15ClF4N2O4. The van der Waals surface area contributed by atoms with Crippen molar-refractivity contribution in [3.05, 3.63) is 82.8 Å². The highest BCUT2D eigenvalue weighted by Gasteiger charge is 2.60. The quantitative estimate of drug-likeness (QED) is 0.471. The second-order valence-corrected chi connectivity index (χ2v) is 7.78. The molecule has 6 nitrogen and oxygen atoms in total. The Hall–Kier alpha value is -3.37. The maximum absolute atomic E-state index is 13.6. The molecule has 3 atom stereocenters. The zero-order valence-electron chi connectivity index (χ0n) is 16.5. The van der Waals surface area contributed by atoms with Gasteiger partial charge in [-0.05, 0) is 36.4 Å². The average Bonchev–Trinajstić information content (AvgIpc) is 3.23. The number of ketones is 1. The lowest BCUT2D eigenvalue weighted by Gasteiger charge is -2.44. The second kappa shape index (κ2) is 8.20. The maximum Gasteiger partial charge on any atom is 0.450 e. The van der Waals surface area contributed by atoms with E-state index < -0.39 is 41.5 Å². The first-order valence-electron chi connectivity index (χ1n) is 9.53. The Labute approximate surface area is 189 Å². The minimum absolute atomic E-state index is 0.173. The van der Waals surface area contributed by atoms with Crippen LogP contribution in [0.5, 0.6) is 0 Å². The van der Waals surface area contributed by atoms with Gasteiger partial charge in [-0.1, -0.05) is 35.9 Å². The molecule has 33 heavy (non-hydrogen) atoms. The van der Waals surface area contributed by atoms with Crippen LogP contribution in [-0.2, 0) is 10.5 Å². The third kappa shape index (κ3) is 4.19. The zero-order valence-corrected chi connectivity index (χ0v) is 17.2. The van der Waals surface area contributed by atoms with E-state index in [2.05, 4.69) is 5.32 Å². The van der Waals surface area contributed by atoms with E-state index in [0.717, 1.165) is 24.3 Å². The molecule has 172 valence electrons. The summed E-state index contributed by atoms with van der Waals surface area (Å²) >= 11 is 6.14. The molecule has 0 saturated carbocycles. The van der Waals surface area contributed by atoms with Crippen LogP contribution in [0.15, 0.2) is 65.1 Å². The molecule has 1 aliphatic heterocycles. The van der Waals surface area contributed by atoms with Crippen molar-refractivity contribution in [3.63, 3.8) is 0 Å². The topological polar surface area (TPSA) is 91.6 Å². The number of rotatable bonds is 4. The van der Waals surface area contributed by atoms with E-state index in [0.29, 0.717) is 10.6 Å². The van der Waals surface area contributed by atoms with E-state index in [1.54, 1.807) is 24.3 Å². The normalized spacial score (nSPS) is 23.0. The molecule has 0 aliphatic carbocycles. The smallest absolute Gasteiger partial charge is 0.450 e. The van der Waals surface area contributed by atoms with Crippen molar-refractivity contribution in [2.75, 3.05) is 0 Å². The molecular weight excluding hydrogens is 468 g/mol. The van der Waals surface area contributed by atoms with E-state index >= 15 is 0 Å². The largest absolute Gasteiger partial charge is 0.459 e. The fourth-order valence-corrected chi connectivity index (χ4v) is 4.02. The number of alkyl halides is 3. The van der Waals surface area contributed by atoms with Gasteiger partial charge in [-0.25, -0.2) is 9.18 Å². The van der Waals surface area contributed by atoms with Gasteiger partial charge in [0.15, 0.2) is 5.72 Å². The SMILES string of the molecule is O=C1N[C@H](c2ccc(-c3ccccc3Cl)o2)[C@@H](C(=O)C(F)(F)F)[C@](O)(c2ccc(F)cc2)N1. The molecule has 1 aromatic heterocycles. The van der Waals surface area contributed by atoms with Crippen LogP contribution in [0.4, 0.5) is 22.4 Å². The van der Waals surface area contributed by atoms with E-state index in [1.165, 1.54) is 12.1 Å². The van der Waals surface area contributed by atoms with Gasteiger partial charge in [0.25, 0.3) is 0 Å². The van der Waals surface area contributed by atoms with Gasteiger partial charge in [0.1, 0.15) is 29.3 Å². The number of hydrogen-bond donors (Lipinski definition) is 3. The lowest BCUT2D eigenvalue weighted by Crippen LogP contribution is -2.66. The highest BCUT2D eigenvalue weighted by atomic mass is 35.5. The number of carbonyl (C=O) groups excluding carboxylic acids is 2. The number of amides is 2. The molecule has 0 unspecified atom stereocenters. The predicted octanol–water partition coefficient (Wildman–Crippen LogP) is 4.69. The van der Waals surface area contributed by atoms with Gasteiger partial charge in [-0.3, -0.25) is 4.79 Å². The number of Topliss-reactive ketones (excluding diaryl/α,β-unsaturated/α-hetero) is 1. The molecule has 4 rings (SSSR count). The lowest BCUT2D eigenvalue weighted by molar-refractivity contribution is -0.190. The fraction of sp³-hybridized carbons (Fsp3) is 0.182. The molecule has 1 fully saturated rings. The number of benzene rings is 2. The van der Waals surface area contributed by atoms with Gasteiger partial charge in [-0.2, -0.15) is 13.2 Å². The number of aliphatic hydroxyl groups is 1. The lowest BCUT2D eigenvalue weighted by atomic mass is 9.77. The van der Waals surface area contributed by atoms with Gasteiger partial charge in [0.2, 0.25) is 5.78 Å². The van der Waals surface area contributed by atoms with Crippen molar-refractivity contribution in [3.8, 4) is 11.3 Å². The van der Waals surface area contributed by atoms with Crippen LogP contribution < -0.4 is 10.6 Å². The summed E-state index contributed by atoms with van der Waals surface area (Å²) in [4.78, 5) is 24.8. The maximum atomic E-state index is 13.6. The van der Waals surface area contributed by atoms with Crippen molar-refractivity contribution in [2.45, 2.75) is 17.9 Å². The average molecular weight is 483 g/mol. The van der Waals surface area contributed by atoms with Crippen molar-refractivity contribution in [1.29, 1.82) is 0 Å². The summed E-state index contributed by atoms with van der Waals surface area (Å²) in [6.07, 6.45) is -5.36. The monoisotopic (exact) mass is 482 g/mol. The molecule has 0 radical (unpaired) electrons. The number of hydrogen-bond acceptors (Lipinski definition) is 4. The zero-order chi connectivity index (χ0) is 24.0. The van der Waals surface area contributed by atoms with E-state index in [1.807, 2.05) is 5.32 Å². The Balaban J connectivity index is 1.84. The molecule has 2 aromatic carbocycles. The van der Waals surface area contributed by atoms with Crippen LogP contribution in [0.2, 0.25) is 5.02 Å². The second-order valence-electron chi connectivity index (χ2n) is 7.37. The molecule has 1 aliphatic rings.